The molecule has 0 aromatic heterocycles. The fourth-order valence-corrected chi connectivity index (χ4v) is 1.19. The first-order chi connectivity index (χ1) is 6.24. The number of sulfonamides is 1. The summed E-state index contributed by atoms with van der Waals surface area (Å²) in [5, 5.41) is 0. The van der Waals surface area contributed by atoms with Crippen LogP contribution >= 0.6 is 0 Å². The minimum atomic E-state index is -3.28. The van der Waals surface area contributed by atoms with Gasteiger partial charge in [0.05, 0.1) is 6.26 Å². The van der Waals surface area contributed by atoms with Crippen LogP contribution in [-0.2, 0) is 10.0 Å². The zero-order valence-electron chi connectivity index (χ0n) is 9.22. The molecule has 5 nitrogen and oxygen atoms in total. The lowest BCUT2D eigenvalue weighted by atomic mass is 10.5. The molecule has 0 aromatic carbocycles. The summed E-state index contributed by atoms with van der Waals surface area (Å²) < 4.78 is 24.8. The topological polar surface area (TPSA) is 53.0 Å². The van der Waals surface area contributed by atoms with Crippen LogP contribution in [0.25, 0.3) is 0 Å². The van der Waals surface area contributed by atoms with E-state index in [-0.39, 0.29) is 0 Å². The summed E-state index contributed by atoms with van der Waals surface area (Å²) in [6.07, 6.45) is 3.98. The van der Waals surface area contributed by atoms with Gasteiger partial charge in [0.1, 0.15) is 5.82 Å². The van der Waals surface area contributed by atoms with Gasteiger partial charge in [0.15, 0.2) is 0 Å². The molecule has 0 spiro atoms. The summed E-state index contributed by atoms with van der Waals surface area (Å²) in [5.41, 5.74) is 0. The van der Waals surface area contributed by atoms with E-state index >= 15 is 0 Å². The minimum Gasteiger partial charge on any atom is -0.364 e. The third-order valence-electron chi connectivity index (χ3n) is 1.39. The summed E-state index contributed by atoms with van der Waals surface area (Å²) >= 11 is 0. The fraction of sp³-hybridized carbons (Fsp3) is 0.625. The molecule has 0 fully saturated rings. The van der Waals surface area contributed by atoms with Crippen molar-refractivity contribution < 1.29 is 8.42 Å². The second kappa shape index (κ2) is 4.99. The van der Waals surface area contributed by atoms with Crippen LogP contribution in [-0.4, -0.2) is 58.9 Å². The number of hydrogen-bond acceptors (Lipinski definition) is 4. The van der Waals surface area contributed by atoms with E-state index in [9.17, 15) is 8.42 Å². The highest BCUT2D eigenvalue weighted by molar-refractivity contribution is 7.89. The van der Waals surface area contributed by atoms with Crippen LogP contribution in [0.2, 0.25) is 0 Å². The number of rotatable bonds is 4. The van der Waals surface area contributed by atoms with E-state index in [2.05, 4.69) is 4.40 Å². The van der Waals surface area contributed by atoms with Crippen LogP contribution < -0.4 is 0 Å². The molecule has 14 heavy (non-hydrogen) atoms. The predicted molar refractivity (Wildman–Crippen MR) is 58.8 cm³/mol. The molecule has 0 aliphatic rings. The summed E-state index contributed by atoms with van der Waals surface area (Å²) in [7, 11) is 4.22. The smallest absolute Gasteiger partial charge is 0.250 e. The molecular weight excluding hydrogens is 202 g/mol. The quantitative estimate of drug-likeness (QED) is 0.624. The van der Waals surface area contributed by atoms with Crippen LogP contribution in [0, 0.1) is 0 Å². The van der Waals surface area contributed by atoms with Gasteiger partial charge in [-0.15, -0.1) is 0 Å². The van der Waals surface area contributed by atoms with Gasteiger partial charge in [0.25, 0.3) is 0 Å². The standard InChI is InChI=1S/C8H17N3O2S/c1-10(2)8(11(3)4)6-7-9-14(5,12)13/h6-7H,1-5H3/b9-7+. The predicted octanol–water partition coefficient (Wildman–Crippen LogP) is -0.0186. The molecule has 0 aliphatic carbocycles. The Labute approximate surface area is 85.8 Å². The van der Waals surface area contributed by atoms with Gasteiger partial charge in [-0.25, -0.2) is 8.42 Å². The Kier molecular flexibility index (Phi) is 4.62. The van der Waals surface area contributed by atoms with Gasteiger partial charge in [0.2, 0.25) is 10.0 Å². The van der Waals surface area contributed by atoms with Crippen LogP contribution in [0.5, 0.6) is 0 Å². The SMILES string of the molecule is CN(C)C(=C/C=N/S(C)(=O)=O)N(C)C. The zero-order valence-corrected chi connectivity index (χ0v) is 10.0. The van der Waals surface area contributed by atoms with Crippen molar-refractivity contribution >= 4 is 16.2 Å². The minimum absolute atomic E-state index is 0.873. The number of nitrogens with zero attached hydrogens (tertiary/aromatic N) is 3. The summed E-state index contributed by atoms with van der Waals surface area (Å²) in [5.74, 6) is 0.873. The lowest BCUT2D eigenvalue weighted by molar-refractivity contribution is 0.344. The molecule has 0 heterocycles. The molecule has 0 N–H and O–H groups in total. The van der Waals surface area contributed by atoms with Crippen molar-refractivity contribution in [2.45, 2.75) is 0 Å². The van der Waals surface area contributed by atoms with E-state index in [4.69, 9.17) is 0 Å². The van der Waals surface area contributed by atoms with Gasteiger partial charge in [0, 0.05) is 34.4 Å². The number of hydrogen-bond donors (Lipinski definition) is 0. The fourth-order valence-electron chi connectivity index (χ4n) is 0.906. The van der Waals surface area contributed by atoms with Gasteiger partial charge < -0.3 is 9.80 Å². The van der Waals surface area contributed by atoms with Crippen molar-refractivity contribution in [3.8, 4) is 0 Å². The molecule has 0 amide bonds. The van der Waals surface area contributed by atoms with E-state index in [0.29, 0.717) is 0 Å². The molecule has 0 bridgehead atoms. The molecular formula is C8H17N3O2S. The molecule has 0 aliphatic heterocycles. The summed E-state index contributed by atoms with van der Waals surface area (Å²) in [6.45, 7) is 0. The molecule has 0 rings (SSSR count). The molecule has 0 saturated heterocycles. The van der Waals surface area contributed by atoms with Crippen molar-refractivity contribution in [2.24, 2.45) is 4.40 Å². The normalized spacial score (nSPS) is 11.5. The molecule has 0 aromatic rings. The van der Waals surface area contributed by atoms with Crippen molar-refractivity contribution in [1.82, 2.24) is 9.80 Å². The first-order valence-corrected chi connectivity index (χ1v) is 5.89. The Bertz CT molecular complexity index is 318. The highest BCUT2D eigenvalue weighted by Gasteiger charge is 2.00. The van der Waals surface area contributed by atoms with Gasteiger partial charge in [-0.1, -0.05) is 0 Å². The lowest BCUT2D eigenvalue weighted by Gasteiger charge is -2.23. The van der Waals surface area contributed by atoms with E-state index in [1.807, 2.05) is 38.0 Å². The average Bonchev–Trinajstić information content (AvgIpc) is 1.94. The second-order valence-corrected chi connectivity index (χ2v) is 4.98. The Morgan fingerprint density at radius 3 is 1.86 bits per heavy atom. The van der Waals surface area contributed by atoms with Crippen LogP contribution in [0.3, 0.4) is 0 Å². The van der Waals surface area contributed by atoms with Crippen molar-refractivity contribution in [3.63, 3.8) is 0 Å². The average molecular weight is 219 g/mol. The van der Waals surface area contributed by atoms with Crippen LogP contribution in [0.15, 0.2) is 16.3 Å². The Morgan fingerprint density at radius 2 is 1.57 bits per heavy atom. The Morgan fingerprint density at radius 1 is 1.14 bits per heavy atom. The molecule has 0 atom stereocenters. The molecule has 0 saturated carbocycles. The lowest BCUT2D eigenvalue weighted by Crippen LogP contribution is -2.24. The molecule has 0 unspecified atom stereocenters. The van der Waals surface area contributed by atoms with Crippen LogP contribution in [0.4, 0.5) is 0 Å². The van der Waals surface area contributed by atoms with Gasteiger partial charge in [-0.2, -0.15) is 4.40 Å². The van der Waals surface area contributed by atoms with Crippen LogP contribution in [0.1, 0.15) is 0 Å². The highest BCUT2D eigenvalue weighted by atomic mass is 32.2. The van der Waals surface area contributed by atoms with Crippen molar-refractivity contribution in [3.05, 3.63) is 11.9 Å². The van der Waals surface area contributed by atoms with Gasteiger partial charge >= 0.3 is 0 Å². The summed E-state index contributed by atoms with van der Waals surface area (Å²) in [4.78, 5) is 3.74. The van der Waals surface area contributed by atoms with Crippen molar-refractivity contribution in [2.75, 3.05) is 34.4 Å². The van der Waals surface area contributed by atoms with E-state index < -0.39 is 10.0 Å². The van der Waals surface area contributed by atoms with E-state index in [1.54, 1.807) is 6.08 Å². The van der Waals surface area contributed by atoms with Gasteiger partial charge in [-0.05, 0) is 6.08 Å². The summed E-state index contributed by atoms with van der Waals surface area (Å²) in [6, 6.07) is 0. The first kappa shape index (κ1) is 13.0. The third kappa shape index (κ3) is 5.58. The maximum absolute atomic E-state index is 10.7. The second-order valence-electron chi connectivity index (χ2n) is 3.30. The van der Waals surface area contributed by atoms with E-state index in [0.717, 1.165) is 12.1 Å². The van der Waals surface area contributed by atoms with Gasteiger partial charge in [-0.3, -0.25) is 0 Å². The molecule has 6 heteroatoms. The largest absolute Gasteiger partial charge is 0.364 e. The third-order valence-corrected chi connectivity index (χ3v) is 1.90. The maximum Gasteiger partial charge on any atom is 0.250 e. The Balaban J connectivity index is 4.71. The Hall–Kier alpha value is -1.04. The van der Waals surface area contributed by atoms with Crippen molar-refractivity contribution in [1.29, 1.82) is 0 Å². The maximum atomic E-state index is 10.7. The highest BCUT2D eigenvalue weighted by Crippen LogP contribution is 2.00. The van der Waals surface area contributed by atoms with E-state index in [1.165, 1.54) is 6.21 Å². The molecule has 0 radical (unpaired) electrons. The molecule has 82 valence electrons. The zero-order chi connectivity index (χ0) is 11.4. The first-order valence-electron chi connectivity index (χ1n) is 4.04. The number of allylic oxidation sites excluding steroid dienone is 1. The monoisotopic (exact) mass is 219 g/mol.